The van der Waals surface area contributed by atoms with Gasteiger partial charge in [0.1, 0.15) is 0 Å². The summed E-state index contributed by atoms with van der Waals surface area (Å²) in [6, 6.07) is 15.9. The summed E-state index contributed by atoms with van der Waals surface area (Å²) >= 11 is 3.05. The highest BCUT2D eigenvalue weighted by Crippen LogP contribution is 2.34. The number of fused-ring (bicyclic) bond motifs is 1. The quantitative estimate of drug-likeness (QED) is 0.123. The van der Waals surface area contributed by atoms with Gasteiger partial charge in [0.25, 0.3) is 5.91 Å². The lowest BCUT2D eigenvalue weighted by atomic mass is 10.1. The fourth-order valence-electron chi connectivity index (χ4n) is 4.28. The number of carboxylic acid groups (broad SMARTS) is 1. The van der Waals surface area contributed by atoms with Crippen LogP contribution in [-0.4, -0.2) is 41.0 Å². The van der Waals surface area contributed by atoms with Crippen molar-refractivity contribution in [2.75, 3.05) is 22.5 Å². The molecule has 0 atom stereocenters. The number of rotatable bonds is 13. The minimum atomic E-state index is -0.936. The Kier molecular flexibility index (Phi) is 10.2. The van der Waals surface area contributed by atoms with Gasteiger partial charge in [0, 0.05) is 22.8 Å². The van der Waals surface area contributed by atoms with Crippen molar-refractivity contribution in [2.24, 2.45) is 5.10 Å². The van der Waals surface area contributed by atoms with Crippen molar-refractivity contribution in [3.63, 3.8) is 0 Å². The molecular formula is C29H32N4O4S2. The number of aryl methyl sites for hydroxylation is 1. The third-order valence-corrected chi connectivity index (χ3v) is 8.12. The van der Waals surface area contributed by atoms with E-state index >= 15 is 0 Å². The van der Waals surface area contributed by atoms with Crippen LogP contribution in [0.1, 0.15) is 60.5 Å². The molecule has 1 aliphatic rings. The highest BCUT2D eigenvalue weighted by atomic mass is 32.2. The highest BCUT2D eigenvalue weighted by molar-refractivity contribution is 7.99. The van der Waals surface area contributed by atoms with Crippen LogP contribution in [0.5, 0.6) is 0 Å². The van der Waals surface area contributed by atoms with Gasteiger partial charge in [0.15, 0.2) is 5.71 Å². The lowest BCUT2D eigenvalue weighted by molar-refractivity contribution is -0.112. The van der Waals surface area contributed by atoms with Gasteiger partial charge in [0.05, 0.1) is 16.3 Å². The first-order valence-corrected chi connectivity index (χ1v) is 14.9. The average Bonchev–Trinajstić information content (AvgIpc) is 3.53. The molecule has 8 nitrogen and oxygen atoms in total. The molecule has 2 aromatic carbocycles. The first-order valence-electron chi connectivity index (χ1n) is 13.1. The van der Waals surface area contributed by atoms with E-state index in [1.807, 2.05) is 41.8 Å². The van der Waals surface area contributed by atoms with Gasteiger partial charge in [0.2, 0.25) is 0 Å². The van der Waals surface area contributed by atoms with Crippen molar-refractivity contribution in [1.29, 1.82) is 0 Å². The molecular weight excluding hydrogens is 532 g/mol. The number of aromatic carboxylic acids is 1. The van der Waals surface area contributed by atoms with Gasteiger partial charge < -0.3 is 10.0 Å². The normalized spacial score (nSPS) is 13.5. The van der Waals surface area contributed by atoms with Crippen LogP contribution in [-0.2, 0) is 11.2 Å². The second kappa shape index (κ2) is 14.0. The van der Waals surface area contributed by atoms with Crippen LogP contribution in [0, 0.1) is 0 Å². The summed E-state index contributed by atoms with van der Waals surface area (Å²) in [7, 11) is 0. The molecule has 2 heterocycles. The predicted molar refractivity (Wildman–Crippen MR) is 158 cm³/mol. The summed E-state index contributed by atoms with van der Waals surface area (Å²) in [5.74, 6) is -0.360. The van der Waals surface area contributed by atoms with Crippen LogP contribution in [0.25, 0.3) is 0 Å². The molecule has 3 N–H and O–H groups in total. The van der Waals surface area contributed by atoms with E-state index in [0.29, 0.717) is 17.1 Å². The molecule has 3 amide bonds. The lowest BCUT2D eigenvalue weighted by Crippen LogP contribution is -2.33. The number of urea groups is 1. The number of hydrogen-bond donors (Lipinski definition) is 3. The summed E-state index contributed by atoms with van der Waals surface area (Å²) in [6.07, 6.45) is 6.23. The third-order valence-electron chi connectivity index (χ3n) is 6.33. The third kappa shape index (κ3) is 7.70. The fourth-order valence-corrected chi connectivity index (χ4v) is 5.83. The van der Waals surface area contributed by atoms with Crippen LogP contribution in [0.3, 0.4) is 0 Å². The highest BCUT2D eigenvalue weighted by Gasteiger charge is 2.34. The van der Waals surface area contributed by atoms with E-state index in [4.69, 9.17) is 5.11 Å². The molecule has 0 radical (unpaired) electrons. The summed E-state index contributed by atoms with van der Waals surface area (Å²) in [5.41, 5.74) is 5.56. The van der Waals surface area contributed by atoms with Crippen molar-refractivity contribution in [3.05, 3.63) is 76.7 Å². The number of amides is 3. The number of carboxylic acids is 1. The number of benzene rings is 2. The standard InChI is InChI=1S/C29H32N4O4S2/c1-2-3-4-5-6-16-33-24-14-13-22(38-18-15-20-9-11-21(12-10-20)28(35)36)19-23(24)26(27(33)34)31-32-29(37)30-25-8-7-17-39-25/h7-14,17,19H,2-6,15-16,18H2,1H3,(H,35,36)(H2,30,32,37). The Bertz CT molecular complexity index is 1320. The van der Waals surface area contributed by atoms with Gasteiger partial charge in [-0.25, -0.2) is 15.0 Å². The van der Waals surface area contributed by atoms with Crippen molar-refractivity contribution < 1.29 is 19.5 Å². The number of carbonyl (C=O) groups is 3. The zero-order chi connectivity index (χ0) is 27.6. The number of hydrazone groups is 1. The van der Waals surface area contributed by atoms with Gasteiger partial charge in [-0.3, -0.25) is 10.1 Å². The molecule has 0 unspecified atom stereocenters. The average molecular weight is 565 g/mol. The molecule has 0 saturated carbocycles. The summed E-state index contributed by atoms with van der Waals surface area (Å²) < 4.78 is 0. The second-order valence-corrected chi connectivity index (χ2v) is 11.3. The van der Waals surface area contributed by atoms with Crippen LogP contribution < -0.4 is 15.6 Å². The largest absolute Gasteiger partial charge is 0.478 e. The number of hydrogen-bond acceptors (Lipinski definition) is 6. The summed E-state index contributed by atoms with van der Waals surface area (Å²) in [5, 5.41) is 18.6. The molecule has 10 heteroatoms. The maximum absolute atomic E-state index is 13.4. The fraction of sp³-hybridized carbons (Fsp3) is 0.310. The Morgan fingerprint density at radius 3 is 2.56 bits per heavy atom. The number of thioether (sulfide) groups is 1. The predicted octanol–water partition coefficient (Wildman–Crippen LogP) is 6.62. The number of unbranched alkanes of at least 4 members (excludes halogenated alkanes) is 4. The Labute approximate surface area is 236 Å². The molecule has 3 aromatic rings. The van der Waals surface area contributed by atoms with E-state index in [1.54, 1.807) is 34.9 Å². The minimum Gasteiger partial charge on any atom is -0.478 e. The van der Waals surface area contributed by atoms with Crippen LogP contribution in [0.4, 0.5) is 15.5 Å². The van der Waals surface area contributed by atoms with Gasteiger partial charge in [-0.2, -0.15) is 5.10 Å². The number of nitrogens with zero attached hydrogens (tertiary/aromatic N) is 2. The molecule has 0 fully saturated rings. The molecule has 39 heavy (non-hydrogen) atoms. The molecule has 0 bridgehead atoms. The van der Waals surface area contributed by atoms with Crippen molar-refractivity contribution in [1.82, 2.24) is 5.43 Å². The Hall–Kier alpha value is -3.63. The Morgan fingerprint density at radius 1 is 1.05 bits per heavy atom. The van der Waals surface area contributed by atoms with Gasteiger partial charge in [-0.15, -0.1) is 23.1 Å². The topological polar surface area (TPSA) is 111 Å². The lowest BCUT2D eigenvalue weighted by Gasteiger charge is -2.17. The van der Waals surface area contributed by atoms with Crippen LogP contribution >= 0.6 is 23.1 Å². The first-order chi connectivity index (χ1) is 19.0. The molecule has 0 spiro atoms. The van der Waals surface area contributed by atoms with Crippen LogP contribution in [0.15, 0.2) is 70.0 Å². The summed E-state index contributed by atoms with van der Waals surface area (Å²) in [4.78, 5) is 39.5. The first kappa shape index (κ1) is 28.4. The van der Waals surface area contributed by atoms with Gasteiger partial charge >= 0.3 is 12.0 Å². The van der Waals surface area contributed by atoms with E-state index in [-0.39, 0.29) is 17.2 Å². The van der Waals surface area contributed by atoms with E-state index in [2.05, 4.69) is 22.8 Å². The van der Waals surface area contributed by atoms with Crippen molar-refractivity contribution in [2.45, 2.75) is 50.3 Å². The molecule has 0 saturated heterocycles. The summed E-state index contributed by atoms with van der Waals surface area (Å²) in [6.45, 7) is 2.78. The van der Waals surface area contributed by atoms with Crippen LogP contribution in [0.2, 0.25) is 0 Å². The van der Waals surface area contributed by atoms with Gasteiger partial charge in [-0.1, -0.05) is 44.7 Å². The number of nitrogens with one attached hydrogen (secondary N) is 2. The number of carbonyl (C=O) groups excluding carboxylic acids is 2. The maximum atomic E-state index is 13.4. The Morgan fingerprint density at radius 2 is 1.85 bits per heavy atom. The maximum Gasteiger partial charge on any atom is 0.340 e. The van der Waals surface area contributed by atoms with E-state index in [0.717, 1.165) is 54.0 Å². The zero-order valence-electron chi connectivity index (χ0n) is 21.8. The molecule has 0 aliphatic carbocycles. The Balaban J connectivity index is 1.45. The van der Waals surface area contributed by atoms with Gasteiger partial charge in [-0.05, 0) is 66.2 Å². The number of anilines is 2. The minimum absolute atomic E-state index is 0.211. The van der Waals surface area contributed by atoms with E-state index < -0.39 is 12.0 Å². The molecule has 1 aromatic heterocycles. The van der Waals surface area contributed by atoms with E-state index in [1.165, 1.54) is 17.8 Å². The number of thiophene rings is 1. The SMILES string of the molecule is CCCCCCCN1C(=O)C(=NNC(=O)Nc2cccs2)c2cc(SCCc3ccc(C(=O)O)cc3)ccc21. The smallest absolute Gasteiger partial charge is 0.340 e. The van der Waals surface area contributed by atoms with Crippen molar-refractivity contribution >= 4 is 57.4 Å². The monoisotopic (exact) mass is 564 g/mol. The van der Waals surface area contributed by atoms with Crippen molar-refractivity contribution in [3.8, 4) is 0 Å². The molecule has 4 rings (SSSR count). The second-order valence-electron chi connectivity index (χ2n) is 9.15. The molecule has 1 aliphatic heterocycles. The van der Waals surface area contributed by atoms with E-state index in [9.17, 15) is 14.4 Å². The molecule has 204 valence electrons. The zero-order valence-corrected chi connectivity index (χ0v) is 23.4.